The van der Waals surface area contributed by atoms with Gasteiger partial charge in [0.2, 0.25) is 5.91 Å². The van der Waals surface area contributed by atoms with Crippen LogP contribution in [0.1, 0.15) is 16.8 Å². The molecule has 9 nitrogen and oxygen atoms in total. The summed E-state index contributed by atoms with van der Waals surface area (Å²) in [6.45, 7) is 0.155. The van der Waals surface area contributed by atoms with E-state index in [1.165, 1.54) is 32.2 Å². The first kappa shape index (κ1) is 20.8. The number of carbonyl (C=O) groups excluding carboxylic acids is 2. The Hall–Kier alpha value is -3.88. The van der Waals surface area contributed by atoms with Crippen LogP contribution in [0.2, 0.25) is 0 Å². The molecule has 9 heteroatoms. The lowest BCUT2D eigenvalue weighted by molar-refractivity contribution is -0.116. The highest BCUT2D eigenvalue weighted by atomic mass is 16.5. The van der Waals surface area contributed by atoms with Crippen molar-refractivity contribution in [2.24, 2.45) is 0 Å². The Bertz CT molecular complexity index is 1140. The molecule has 0 saturated carbocycles. The topological polar surface area (TPSA) is 109 Å². The summed E-state index contributed by atoms with van der Waals surface area (Å²) in [5.41, 5.74) is 1.12. The van der Waals surface area contributed by atoms with Crippen molar-refractivity contribution in [3.63, 3.8) is 0 Å². The molecule has 0 unspecified atom stereocenters. The van der Waals surface area contributed by atoms with Crippen LogP contribution < -0.4 is 20.3 Å². The standard InChI is InChI=1S/C21H21N3O6/c1-28-17-10-15-16(11-18(17)29-2)22-12-24(20(15)26)9-8-19(25)23-14-6-4-13(5-7-14)21(27)30-3/h4-7,10-12H,8-9H2,1-3H3,(H,23,25). The fraction of sp³-hybridized carbons (Fsp3) is 0.238. The molecule has 0 radical (unpaired) electrons. The number of carbonyl (C=O) groups is 2. The van der Waals surface area contributed by atoms with Gasteiger partial charge in [0.1, 0.15) is 0 Å². The molecule has 0 spiro atoms. The van der Waals surface area contributed by atoms with Crippen LogP contribution in [-0.2, 0) is 16.1 Å². The van der Waals surface area contributed by atoms with E-state index in [1.807, 2.05) is 0 Å². The van der Waals surface area contributed by atoms with E-state index in [1.54, 1.807) is 36.4 Å². The van der Waals surface area contributed by atoms with Crippen molar-refractivity contribution in [3.05, 3.63) is 58.6 Å². The molecule has 0 aliphatic rings. The lowest BCUT2D eigenvalue weighted by atomic mass is 10.2. The molecule has 0 aliphatic carbocycles. The highest BCUT2D eigenvalue weighted by Crippen LogP contribution is 2.29. The number of nitrogens with zero attached hydrogens (tertiary/aromatic N) is 2. The maximum Gasteiger partial charge on any atom is 0.337 e. The summed E-state index contributed by atoms with van der Waals surface area (Å²) >= 11 is 0. The van der Waals surface area contributed by atoms with E-state index in [2.05, 4.69) is 15.0 Å². The number of hydrogen-bond donors (Lipinski definition) is 1. The third-order valence-electron chi connectivity index (χ3n) is 4.50. The summed E-state index contributed by atoms with van der Waals surface area (Å²) in [4.78, 5) is 40.7. The number of ether oxygens (including phenoxy) is 3. The zero-order valence-electron chi connectivity index (χ0n) is 16.8. The average Bonchev–Trinajstić information content (AvgIpc) is 2.77. The van der Waals surface area contributed by atoms with Gasteiger partial charge in [-0.25, -0.2) is 9.78 Å². The molecule has 1 heterocycles. The van der Waals surface area contributed by atoms with E-state index in [-0.39, 0.29) is 24.4 Å². The third-order valence-corrected chi connectivity index (χ3v) is 4.50. The second-order valence-corrected chi connectivity index (χ2v) is 6.33. The normalized spacial score (nSPS) is 10.5. The number of rotatable bonds is 7. The summed E-state index contributed by atoms with van der Waals surface area (Å²) < 4.78 is 16.5. The number of methoxy groups -OCH3 is 3. The van der Waals surface area contributed by atoms with E-state index in [4.69, 9.17) is 9.47 Å². The predicted octanol–water partition coefficient (Wildman–Crippen LogP) is 2.23. The van der Waals surface area contributed by atoms with Crippen molar-refractivity contribution in [2.75, 3.05) is 26.6 Å². The highest BCUT2D eigenvalue weighted by molar-refractivity contribution is 5.93. The van der Waals surface area contributed by atoms with E-state index < -0.39 is 5.97 Å². The molecule has 30 heavy (non-hydrogen) atoms. The molecule has 0 bridgehead atoms. The molecule has 1 N–H and O–H groups in total. The predicted molar refractivity (Wildman–Crippen MR) is 110 cm³/mol. The minimum atomic E-state index is -0.453. The van der Waals surface area contributed by atoms with Gasteiger partial charge in [0.25, 0.3) is 5.56 Å². The minimum Gasteiger partial charge on any atom is -0.493 e. The van der Waals surface area contributed by atoms with E-state index >= 15 is 0 Å². The number of aromatic nitrogens is 2. The monoisotopic (exact) mass is 411 g/mol. The molecule has 3 rings (SSSR count). The first-order chi connectivity index (χ1) is 14.5. The van der Waals surface area contributed by atoms with Gasteiger partial charge in [-0.15, -0.1) is 0 Å². The van der Waals surface area contributed by atoms with E-state index in [9.17, 15) is 14.4 Å². The average molecular weight is 411 g/mol. The molecule has 1 amide bonds. The van der Waals surface area contributed by atoms with Gasteiger partial charge in [0, 0.05) is 24.7 Å². The fourth-order valence-electron chi connectivity index (χ4n) is 2.90. The summed E-state index contributed by atoms with van der Waals surface area (Å²) in [5, 5.41) is 3.09. The van der Waals surface area contributed by atoms with Crippen molar-refractivity contribution >= 4 is 28.5 Å². The Morgan fingerprint density at radius 1 is 1.03 bits per heavy atom. The van der Waals surface area contributed by atoms with E-state index in [0.717, 1.165) is 0 Å². The van der Waals surface area contributed by atoms with Gasteiger partial charge in [0.05, 0.1) is 44.1 Å². The van der Waals surface area contributed by atoms with Crippen LogP contribution in [0.15, 0.2) is 47.5 Å². The lowest BCUT2D eigenvalue weighted by Crippen LogP contribution is -2.23. The van der Waals surface area contributed by atoms with Gasteiger partial charge in [0.15, 0.2) is 11.5 Å². The van der Waals surface area contributed by atoms with Gasteiger partial charge < -0.3 is 19.5 Å². The van der Waals surface area contributed by atoms with Crippen molar-refractivity contribution in [1.82, 2.24) is 9.55 Å². The first-order valence-electron chi connectivity index (χ1n) is 9.06. The number of nitrogens with one attached hydrogen (secondary N) is 1. The Morgan fingerprint density at radius 2 is 1.70 bits per heavy atom. The molecule has 0 aliphatic heterocycles. The molecule has 0 fully saturated rings. The summed E-state index contributed by atoms with van der Waals surface area (Å²) in [6.07, 6.45) is 1.47. The maximum absolute atomic E-state index is 12.7. The molecule has 1 aromatic heterocycles. The third kappa shape index (κ3) is 4.40. The number of esters is 1. The van der Waals surface area contributed by atoms with Crippen LogP contribution in [-0.4, -0.2) is 42.8 Å². The molecule has 156 valence electrons. The molecule has 2 aromatic carbocycles. The second kappa shape index (κ2) is 9.08. The van der Waals surface area contributed by atoms with Gasteiger partial charge in [-0.1, -0.05) is 0 Å². The lowest BCUT2D eigenvalue weighted by Gasteiger charge is -2.11. The largest absolute Gasteiger partial charge is 0.493 e. The van der Waals surface area contributed by atoms with Crippen molar-refractivity contribution < 1.29 is 23.8 Å². The molecule has 3 aromatic rings. The summed E-state index contributed by atoms with van der Waals surface area (Å²) in [7, 11) is 4.29. The number of hydrogen-bond acceptors (Lipinski definition) is 7. The Labute approximate surface area is 172 Å². The van der Waals surface area contributed by atoms with Crippen LogP contribution in [0.3, 0.4) is 0 Å². The number of benzene rings is 2. The molecule has 0 saturated heterocycles. The van der Waals surface area contributed by atoms with E-state index in [0.29, 0.717) is 33.7 Å². The first-order valence-corrected chi connectivity index (χ1v) is 9.06. The number of aryl methyl sites for hydroxylation is 1. The van der Waals surface area contributed by atoms with Crippen LogP contribution in [0.5, 0.6) is 11.5 Å². The smallest absolute Gasteiger partial charge is 0.337 e. The number of amides is 1. The zero-order chi connectivity index (χ0) is 21.7. The number of anilines is 1. The summed E-state index contributed by atoms with van der Waals surface area (Å²) in [6, 6.07) is 9.52. The maximum atomic E-state index is 12.7. The van der Waals surface area contributed by atoms with Crippen LogP contribution >= 0.6 is 0 Å². The van der Waals surface area contributed by atoms with Gasteiger partial charge in [-0.3, -0.25) is 14.2 Å². The number of fused-ring (bicyclic) bond motifs is 1. The SMILES string of the molecule is COC(=O)c1ccc(NC(=O)CCn2cnc3cc(OC)c(OC)cc3c2=O)cc1. The van der Waals surface area contributed by atoms with Crippen LogP contribution in [0.4, 0.5) is 5.69 Å². The van der Waals surface area contributed by atoms with Crippen LogP contribution in [0.25, 0.3) is 10.9 Å². The zero-order valence-corrected chi connectivity index (χ0v) is 16.8. The molecule has 0 atom stereocenters. The second-order valence-electron chi connectivity index (χ2n) is 6.33. The molecular formula is C21H21N3O6. The van der Waals surface area contributed by atoms with Gasteiger partial charge >= 0.3 is 5.97 Å². The Morgan fingerprint density at radius 3 is 2.33 bits per heavy atom. The quantitative estimate of drug-likeness (QED) is 0.594. The Balaban J connectivity index is 1.70. The Kier molecular flexibility index (Phi) is 6.31. The van der Waals surface area contributed by atoms with Gasteiger partial charge in [-0.05, 0) is 30.3 Å². The van der Waals surface area contributed by atoms with Crippen molar-refractivity contribution in [3.8, 4) is 11.5 Å². The minimum absolute atomic E-state index is 0.0686. The highest BCUT2D eigenvalue weighted by Gasteiger charge is 2.12. The molecular weight excluding hydrogens is 390 g/mol. The van der Waals surface area contributed by atoms with Crippen molar-refractivity contribution in [2.45, 2.75) is 13.0 Å². The van der Waals surface area contributed by atoms with Gasteiger partial charge in [-0.2, -0.15) is 0 Å². The van der Waals surface area contributed by atoms with Crippen LogP contribution in [0, 0.1) is 0 Å². The fourth-order valence-corrected chi connectivity index (χ4v) is 2.90. The summed E-state index contributed by atoms with van der Waals surface area (Å²) in [5.74, 6) is 0.174. The van der Waals surface area contributed by atoms with Crippen molar-refractivity contribution in [1.29, 1.82) is 0 Å².